The van der Waals surface area contributed by atoms with Crippen LogP contribution in [0.2, 0.25) is 0 Å². The minimum atomic E-state index is -2.44. The summed E-state index contributed by atoms with van der Waals surface area (Å²) in [5.41, 5.74) is -0.269. The Morgan fingerprint density at radius 3 is 2.53 bits per heavy atom. The van der Waals surface area contributed by atoms with Gasteiger partial charge in [0.25, 0.3) is 6.43 Å². The highest BCUT2D eigenvalue weighted by Gasteiger charge is 2.44. The van der Waals surface area contributed by atoms with Crippen molar-refractivity contribution in [1.82, 2.24) is 9.80 Å². The Hall–Kier alpha value is -2.07. The van der Waals surface area contributed by atoms with Crippen molar-refractivity contribution in [2.24, 2.45) is 4.99 Å². The maximum Gasteiger partial charge on any atom is 0.251 e. The first-order chi connectivity index (χ1) is 16.2. The second kappa shape index (κ2) is 11.6. The van der Waals surface area contributed by atoms with E-state index in [1.54, 1.807) is 16.8 Å². The summed E-state index contributed by atoms with van der Waals surface area (Å²) in [5, 5.41) is 0. The minimum absolute atomic E-state index is 0.130. The zero-order chi connectivity index (χ0) is 24.9. The third kappa shape index (κ3) is 6.53. The number of allylic oxidation sites excluding steroid dienone is 3. The number of ether oxygens (including phenoxy) is 3. The van der Waals surface area contributed by atoms with E-state index >= 15 is 0 Å². The van der Waals surface area contributed by atoms with E-state index in [4.69, 9.17) is 14.2 Å². The average molecular weight is 488 g/mol. The number of aliphatic imine (C=N–C) groups is 1. The molecule has 2 fully saturated rings. The molecule has 34 heavy (non-hydrogen) atoms. The van der Waals surface area contributed by atoms with Crippen LogP contribution in [0, 0.1) is 0 Å². The fourth-order valence-corrected chi connectivity index (χ4v) is 4.91. The van der Waals surface area contributed by atoms with Crippen molar-refractivity contribution in [3.05, 3.63) is 23.2 Å². The standard InChI is InChI=1S/C24H36F3N3O4/c1-16(2)33-19-6-5-17(13-18(19)25)23(31)30-11-8-24(9-12-30)15-29(14-21(26)27)10-7-20(34-24)22(28-3)32-4/h13,16,20-21H,5-12,14-15H2,1-4H3. The van der Waals surface area contributed by atoms with E-state index in [1.807, 2.05) is 13.8 Å². The smallest absolute Gasteiger partial charge is 0.251 e. The van der Waals surface area contributed by atoms with Crippen LogP contribution >= 0.6 is 0 Å². The first-order valence-electron chi connectivity index (χ1n) is 11.9. The Morgan fingerprint density at radius 2 is 1.97 bits per heavy atom. The lowest BCUT2D eigenvalue weighted by Gasteiger charge is -2.44. The minimum Gasteiger partial charge on any atom is -0.492 e. The largest absolute Gasteiger partial charge is 0.492 e. The van der Waals surface area contributed by atoms with Gasteiger partial charge in [-0.2, -0.15) is 0 Å². The van der Waals surface area contributed by atoms with E-state index in [0.717, 1.165) is 0 Å². The summed E-state index contributed by atoms with van der Waals surface area (Å²) in [6.45, 7) is 4.94. The molecule has 2 saturated heterocycles. The molecule has 10 heteroatoms. The highest BCUT2D eigenvalue weighted by atomic mass is 19.3. The lowest BCUT2D eigenvalue weighted by atomic mass is 9.89. The van der Waals surface area contributed by atoms with E-state index < -0.39 is 24.0 Å². The summed E-state index contributed by atoms with van der Waals surface area (Å²) < 4.78 is 58.1. The molecule has 0 radical (unpaired) electrons. The number of amides is 1. The monoisotopic (exact) mass is 487 g/mol. The Labute approximate surface area is 199 Å². The number of methoxy groups -OCH3 is 1. The van der Waals surface area contributed by atoms with Crippen molar-refractivity contribution in [2.45, 2.75) is 70.2 Å². The van der Waals surface area contributed by atoms with Gasteiger partial charge < -0.3 is 19.1 Å². The SMILES string of the molecule is CN=C(OC)C1CCN(CC(F)F)CC2(CCN(C(=O)C3=CC(F)=C(OC(C)C)CC3)CC2)O1. The Bertz CT molecular complexity index is 820. The van der Waals surface area contributed by atoms with Crippen LogP contribution in [0.5, 0.6) is 0 Å². The Morgan fingerprint density at radius 1 is 1.26 bits per heavy atom. The van der Waals surface area contributed by atoms with Gasteiger partial charge >= 0.3 is 0 Å². The fraction of sp³-hybridized carbons (Fsp3) is 0.750. The maximum absolute atomic E-state index is 14.4. The molecule has 0 aromatic rings. The van der Waals surface area contributed by atoms with E-state index in [1.165, 1.54) is 13.2 Å². The van der Waals surface area contributed by atoms with Crippen LogP contribution in [0.15, 0.2) is 28.2 Å². The van der Waals surface area contributed by atoms with Gasteiger partial charge in [0.05, 0.1) is 25.4 Å². The Balaban J connectivity index is 1.70. The topological polar surface area (TPSA) is 63.6 Å². The number of hydrogen-bond donors (Lipinski definition) is 0. The first kappa shape index (κ1) is 26.5. The molecule has 1 spiro atoms. The zero-order valence-corrected chi connectivity index (χ0v) is 20.5. The van der Waals surface area contributed by atoms with Crippen molar-refractivity contribution in [3.63, 3.8) is 0 Å². The van der Waals surface area contributed by atoms with Crippen LogP contribution in [-0.2, 0) is 19.0 Å². The van der Waals surface area contributed by atoms with Crippen LogP contribution in [0.25, 0.3) is 0 Å². The quantitative estimate of drug-likeness (QED) is 0.422. The highest BCUT2D eigenvalue weighted by molar-refractivity contribution is 5.94. The van der Waals surface area contributed by atoms with Gasteiger partial charge in [-0.3, -0.25) is 14.7 Å². The molecule has 2 aliphatic heterocycles. The average Bonchev–Trinajstić information content (AvgIpc) is 2.95. The maximum atomic E-state index is 14.4. The van der Waals surface area contributed by atoms with Gasteiger partial charge in [0, 0.05) is 45.2 Å². The third-order valence-corrected chi connectivity index (χ3v) is 6.52. The first-order valence-corrected chi connectivity index (χ1v) is 11.9. The normalized spacial score (nSPS) is 24.5. The molecule has 0 aromatic heterocycles. The molecule has 1 unspecified atom stereocenters. The molecule has 0 aromatic carbocycles. The van der Waals surface area contributed by atoms with Gasteiger partial charge in [-0.15, -0.1) is 0 Å². The molecule has 0 bridgehead atoms. The summed E-state index contributed by atoms with van der Waals surface area (Å²) in [4.78, 5) is 20.7. The van der Waals surface area contributed by atoms with Gasteiger partial charge in [-0.25, -0.2) is 13.2 Å². The molecule has 192 valence electrons. The van der Waals surface area contributed by atoms with Gasteiger partial charge in [-0.05, 0) is 45.6 Å². The lowest BCUT2D eigenvalue weighted by Crippen LogP contribution is -2.54. The van der Waals surface area contributed by atoms with Gasteiger partial charge in [0.15, 0.2) is 5.83 Å². The number of carbonyl (C=O) groups is 1. The van der Waals surface area contributed by atoms with Gasteiger partial charge in [0.1, 0.15) is 11.9 Å². The molecule has 0 N–H and O–H groups in total. The number of nitrogens with zero attached hydrogens (tertiary/aromatic N) is 3. The van der Waals surface area contributed by atoms with Crippen LogP contribution < -0.4 is 0 Å². The van der Waals surface area contributed by atoms with Crippen LogP contribution in [0.1, 0.15) is 46.0 Å². The molecule has 1 atom stereocenters. The second-order valence-corrected chi connectivity index (χ2v) is 9.37. The number of rotatable bonds is 6. The molecule has 3 aliphatic rings. The summed E-state index contributed by atoms with van der Waals surface area (Å²) in [7, 11) is 3.13. The van der Waals surface area contributed by atoms with E-state index in [9.17, 15) is 18.0 Å². The molecule has 0 saturated carbocycles. The van der Waals surface area contributed by atoms with Crippen molar-refractivity contribution < 1.29 is 32.2 Å². The van der Waals surface area contributed by atoms with Crippen LogP contribution in [0.3, 0.4) is 0 Å². The fourth-order valence-electron chi connectivity index (χ4n) is 4.91. The molecule has 7 nitrogen and oxygen atoms in total. The predicted octanol–water partition coefficient (Wildman–Crippen LogP) is 3.70. The zero-order valence-electron chi connectivity index (χ0n) is 20.5. The second-order valence-electron chi connectivity index (χ2n) is 9.37. The number of carbonyl (C=O) groups excluding carboxylic acids is 1. The summed E-state index contributed by atoms with van der Waals surface area (Å²) in [6.07, 6.45) is 0.516. The van der Waals surface area contributed by atoms with Crippen molar-refractivity contribution >= 4 is 11.8 Å². The van der Waals surface area contributed by atoms with Gasteiger partial charge in [-0.1, -0.05) is 0 Å². The van der Waals surface area contributed by atoms with E-state index in [0.29, 0.717) is 69.8 Å². The molecule has 3 rings (SSSR count). The summed E-state index contributed by atoms with van der Waals surface area (Å²) in [6, 6.07) is 0. The number of hydrogen-bond acceptors (Lipinski definition) is 6. The van der Waals surface area contributed by atoms with Crippen molar-refractivity contribution in [3.8, 4) is 0 Å². The molecular formula is C24H36F3N3O4. The Kier molecular flexibility index (Phi) is 9.03. The van der Waals surface area contributed by atoms with Crippen LogP contribution in [-0.4, -0.2) is 92.7 Å². The predicted molar refractivity (Wildman–Crippen MR) is 123 cm³/mol. The van der Waals surface area contributed by atoms with Gasteiger partial charge in [0.2, 0.25) is 11.8 Å². The highest BCUT2D eigenvalue weighted by Crippen LogP contribution is 2.34. The molecular weight excluding hydrogens is 451 g/mol. The van der Waals surface area contributed by atoms with E-state index in [-0.39, 0.29) is 24.3 Å². The van der Waals surface area contributed by atoms with Crippen molar-refractivity contribution in [1.29, 1.82) is 0 Å². The number of piperidine rings is 1. The number of likely N-dealkylation sites (tertiary alicyclic amines) is 1. The summed E-state index contributed by atoms with van der Waals surface area (Å²) in [5.74, 6) is 0.0229. The summed E-state index contributed by atoms with van der Waals surface area (Å²) >= 11 is 0. The van der Waals surface area contributed by atoms with Crippen LogP contribution in [0.4, 0.5) is 13.2 Å². The number of halogens is 3. The van der Waals surface area contributed by atoms with Crippen molar-refractivity contribution in [2.75, 3.05) is 46.9 Å². The third-order valence-electron chi connectivity index (χ3n) is 6.52. The molecule has 1 amide bonds. The molecule has 1 aliphatic carbocycles. The number of alkyl halides is 2. The lowest BCUT2D eigenvalue weighted by molar-refractivity contribution is -0.138. The van der Waals surface area contributed by atoms with E-state index in [2.05, 4.69) is 4.99 Å². The molecule has 2 heterocycles.